The zero-order valence-electron chi connectivity index (χ0n) is 21.4. The topological polar surface area (TPSA) is 51.6 Å². The maximum atomic E-state index is 6.51. The van der Waals surface area contributed by atoms with E-state index in [0.717, 1.165) is 50.4 Å². The molecule has 2 aromatic carbocycles. The largest absolute Gasteiger partial charge is 0.497 e. The average molecular weight is 533 g/mol. The number of nitrogens with one attached hydrogen (secondary N) is 1. The third-order valence-electron chi connectivity index (χ3n) is 7.01. The summed E-state index contributed by atoms with van der Waals surface area (Å²) in [6.07, 6.45) is 1.81. The van der Waals surface area contributed by atoms with Gasteiger partial charge in [-0.15, -0.1) is 0 Å². The van der Waals surface area contributed by atoms with Gasteiger partial charge in [0.25, 0.3) is 0 Å². The molecule has 6 nitrogen and oxygen atoms in total. The third kappa shape index (κ3) is 4.32. The molecule has 8 heteroatoms. The minimum Gasteiger partial charge on any atom is -0.497 e. The summed E-state index contributed by atoms with van der Waals surface area (Å²) in [6, 6.07) is 19.5. The SMILES string of the molecule is COc1ccc(OC)c(N2C(=S)NC(c3ccccn3)C2c2cc(C)n(-c3cccc(Cl)c3C)c2C)c1. The molecule has 3 heterocycles. The van der Waals surface area contributed by atoms with Crippen molar-refractivity contribution in [1.29, 1.82) is 0 Å². The molecule has 190 valence electrons. The lowest BCUT2D eigenvalue weighted by Crippen LogP contribution is -2.30. The molecule has 2 unspecified atom stereocenters. The second kappa shape index (κ2) is 10.1. The first-order valence-corrected chi connectivity index (χ1v) is 12.8. The fourth-order valence-corrected chi connectivity index (χ4v) is 5.72. The summed E-state index contributed by atoms with van der Waals surface area (Å²) < 4.78 is 13.6. The molecule has 1 saturated heterocycles. The van der Waals surface area contributed by atoms with Crippen LogP contribution in [0.3, 0.4) is 0 Å². The highest BCUT2D eigenvalue weighted by Crippen LogP contribution is 2.47. The monoisotopic (exact) mass is 532 g/mol. The van der Waals surface area contributed by atoms with Crippen molar-refractivity contribution in [2.24, 2.45) is 0 Å². The van der Waals surface area contributed by atoms with E-state index >= 15 is 0 Å². The second-order valence-corrected chi connectivity index (χ2v) is 9.87. The van der Waals surface area contributed by atoms with Crippen LogP contribution in [-0.4, -0.2) is 28.9 Å². The second-order valence-electron chi connectivity index (χ2n) is 9.08. The van der Waals surface area contributed by atoms with Crippen molar-refractivity contribution in [2.45, 2.75) is 32.9 Å². The first kappa shape index (κ1) is 25.1. The molecule has 0 bridgehead atoms. The van der Waals surface area contributed by atoms with Crippen molar-refractivity contribution in [1.82, 2.24) is 14.9 Å². The van der Waals surface area contributed by atoms with Gasteiger partial charge in [-0.25, -0.2) is 0 Å². The van der Waals surface area contributed by atoms with E-state index < -0.39 is 0 Å². The number of aryl methyl sites for hydroxylation is 1. The Balaban J connectivity index is 1.73. The molecular formula is C29H29ClN4O2S. The van der Waals surface area contributed by atoms with Crippen LogP contribution in [0.15, 0.2) is 66.9 Å². The molecule has 0 aliphatic carbocycles. The smallest absolute Gasteiger partial charge is 0.174 e. The molecule has 37 heavy (non-hydrogen) atoms. The summed E-state index contributed by atoms with van der Waals surface area (Å²) in [5.41, 5.74) is 7.16. The number of aromatic nitrogens is 2. The normalized spacial score (nSPS) is 17.1. The van der Waals surface area contributed by atoms with Gasteiger partial charge in [0.1, 0.15) is 11.5 Å². The molecule has 1 fully saturated rings. The molecule has 4 aromatic rings. The van der Waals surface area contributed by atoms with Crippen LogP contribution in [0.4, 0.5) is 5.69 Å². The van der Waals surface area contributed by atoms with E-state index in [1.165, 1.54) is 0 Å². The van der Waals surface area contributed by atoms with Crippen molar-refractivity contribution in [2.75, 3.05) is 19.1 Å². The highest BCUT2D eigenvalue weighted by atomic mass is 35.5. The summed E-state index contributed by atoms with van der Waals surface area (Å²) >= 11 is 12.5. The quantitative estimate of drug-likeness (QED) is 0.281. The number of methoxy groups -OCH3 is 2. The Bertz CT molecular complexity index is 1470. The van der Waals surface area contributed by atoms with Gasteiger partial charge >= 0.3 is 0 Å². The van der Waals surface area contributed by atoms with Gasteiger partial charge in [0.15, 0.2) is 5.11 Å². The van der Waals surface area contributed by atoms with Crippen molar-refractivity contribution in [3.8, 4) is 17.2 Å². The maximum absolute atomic E-state index is 6.51. The lowest BCUT2D eigenvalue weighted by Gasteiger charge is -2.29. The number of benzene rings is 2. The van der Waals surface area contributed by atoms with Crippen molar-refractivity contribution < 1.29 is 9.47 Å². The number of hydrogen-bond acceptors (Lipinski definition) is 4. The van der Waals surface area contributed by atoms with E-state index in [1.807, 2.05) is 61.7 Å². The van der Waals surface area contributed by atoms with Crippen LogP contribution < -0.4 is 19.7 Å². The molecule has 0 radical (unpaired) electrons. The summed E-state index contributed by atoms with van der Waals surface area (Å²) in [7, 11) is 3.32. The first-order chi connectivity index (χ1) is 17.8. The minimum atomic E-state index is -0.192. The first-order valence-electron chi connectivity index (χ1n) is 12.0. The van der Waals surface area contributed by atoms with Gasteiger partial charge < -0.3 is 24.3 Å². The van der Waals surface area contributed by atoms with Crippen molar-refractivity contribution >= 4 is 34.6 Å². The zero-order valence-corrected chi connectivity index (χ0v) is 23.0. The lowest BCUT2D eigenvalue weighted by atomic mass is 9.96. The van der Waals surface area contributed by atoms with Crippen molar-refractivity contribution in [3.05, 3.63) is 100 Å². The highest BCUT2D eigenvalue weighted by molar-refractivity contribution is 7.80. The molecule has 2 atom stereocenters. The number of ether oxygens (including phenoxy) is 2. The Morgan fingerprint density at radius 2 is 1.76 bits per heavy atom. The molecule has 1 aliphatic rings. The molecule has 2 aromatic heterocycles. The fraction of sp³-hybridized carbons (Fsp3) is 0.241. The lowest BCUT2D eigenvalue weighted by molar-refractivity contribution is 0.403. The van der Waals surface area contributed by atoms with Gasteiger partial charge in [0.2, 0.25) is 0 Å². The van der Waals surface area contributed by atoms with Gasteiger partial charge in [0, 0.05) is 34.4 Å². The van der Waals surface area contributed by atoms with Crippen LogP contribution in [0.1, 0.15) is 40.3 Å². The van der Waals surface area contributed by atoms with E-state index in [9.17, 15) is 0 Å². The third-order valence-corrected chi connectivity index (χ3v) is 7.74. The van der Waals surface area contributed by atoms with Crippen LogP contribution in [-0.2, 0) is 0 Å². The predicted molar refractivity (Wildman–Crippen MR) is 152 cm³/mol. The Hall–Kier alpha value is -3.55. The van der Waals surface area contributed by atoms with Crippen LogP contribution in [0.25, 0.3) is 5.69 Å². The zero-order chi connectivity index (χ0) is 26.3. The number of pyridine rings is 1. The van der Waals surface area contributed by atoms with E-state index in [1.54, 1.807) is 14.2 Å². The number of halogens is 1. The van der Waals surface area contributed by atoms with E-state index in [2.05, 4.69) is 45.7 Å². The minimum absolute atomic E-state index is 0.181. The fourth-order valence-electron chi connectivity index (χ4n) is 5.21. The molecule has 1 aliphatic heterocycles. The van der Waals surface area contributed by atoms with Crippen LogP contribution >= 0.6 is 23.8 Å². The molecule has 0 amide bonds. The Kier molecular flexibility index (Phi) is 6.84. The standard InChI is InChI=1S/C29H29ClN4O2S/c1-17-15-21(19(3)33(17)24-11-8-9-22(30)18(24)2)28-27(23-10-6-7-14-31-23)32-29(37)34(28)25-16-20(35-4)12-13-26(25)36-5/h6-16,27-28H,1-5H3,(H,32,37). The maximum Gasteiger partial charge on any atom is 0.174 e. The van der Waals surface area contributed by atoms with Crippen LogP contribution in [0.5, 0.6) is 11.5 Å². The molecule has 0 spiro atoms. The summed E-state index contributed by atoms with van der Waals surface area (Å²) in [5.74, 6) is 1.43. The van der Waals surface area contributed by atoms with E-state index in [-0.39, 0.29) is 12.1 Å². The number of hydrogen-bond donors (Lipinski definition) is 1. The summed E-state index contributed by atoms with van der Waals surface area (Å²) in [6.45, 7) is 6.30. The number of nitrogens with zero attached hydrogens (tertiary/aromatic N) is 3. The van der Waals surface area contributed by atoms with Gasteiger partial charge in [0.05, 0.1) is 37.7 Å². The number of thiocarbonyl (C=S) groups is 1. The highest BCUT2D eigenvalue weighted by Gasteiger charge is 2.43. The number of anilines is 1. The van der Waals surface area contributed by atoms with Gasteiger partial charge in [-0.3, -0.25) is 4.98 Å². The summed E-state index contributed by atoms with van der Waals surface area (Å²) in [5, 5.41) is 4.87. The molecule has 0 saturated carbocycles. The van der Waals surface area contributed by atoms with Gasteiger partial charge in [-0.05, 0) is 86.6 Å². The van der Waals surface area contributed by atoms with Crippen molar-refractivity contribution in [3.63, 3.8) is 0 Å². The van der Waals surface area contributed by atoms with Gasteiger partial charge in [-0.1, -0.05) is 23.7 Å². The molecular weight excluding hydrogens is 504 g/mol. The number of rotatable bonds is 6. The molecule has 5 rings (SSSR count). The summed E-state index contributed by atoms with van der Waals surface area (Å²) in [4.78, 5) is 6.81. The van der Waals surface area contributed by atoms with Gasteiger partial charge in [-0.2, -0.15) is 0 Å². The molecule has 1 N–H and O–H groups in total. The Labute approximate surface area is 227 Å². The van der Waals surface area contributed by atoms with E-state index in [0.29, 0.717) is 10.9 Å². The Morgan fingerprint density at radius 1 is 0.946 bits per heavy atom. The van der Waals surface area contributed by atoms with E-state index in [4.69, 9.17) is 33.3 Å². The van der Waals surface area contributed by atoms with Crippen LogP contribution in [0.2, 0.25) is 5.02 Å². The predicted octanol–water partition coefficient (Wildman–Crippen LogP) is 6.65. The van der Waals surface area contributed by atoms with Crippen LogP contribution in [0, 0.1) is 20.8 Å². The Morgan fingerprint density at radius 3 is 2.46 bits per heavy atom. The average Bonchev–Trinajstić information content (AvgIpc) is 3.40.